The van der Waals surface area contributed by atoms with Crippen LogP contribution < -0.4 is 5.73 Å². The number of carbonyl (C=O) groups excluding carboxylic acids is 1. The Morgan fingerprint density at radius 3 is 2.14 bits per heavy atom. The molecule has 5 heteroatoms. The molecule has 1 saturated carbocycles. The van der Waals surface area contributed by atoms with E-state index in [-0.39, 0.29) is 17.8 Å². The summed E-state index contributed by atoms with van der Waals surface area (Å²) in [6, 6.07) is 0.282. The third-order valence-corrected chi connectivity index (χ3v) is 5.48. The van der Waals surface area contributed by atoms with E-state index in [0.717, 1.165) is 18.8 Å². The molecular formula is C16H31N3O2. The molecule has 0 atom stereocenters. The van der Waals surface area contributed by atoms with Crippen molar-refractivity contribution in [2.24, 2.45) is 22.2 Å². The summed E-state index contributed by atoms with van der Waals surface area (Å²) in [6.07, 6.45) is 6.81. The van der Waals surface area contributed by atoms with Gasteiger partial charge in [-0.25, -0.2) is 0 Å². The zero-order chi connectivity index (χ0) is 16.0. The van der Waals surface area contributed by atoms with Crippen molar-refractivity contribution in [1.82, 2.24) is 4.90 Å². The first-order valence-corrected chi connectivity index (χ1v) is 8.22. The highest BCUT2D eigenvalue weighted by atomic mass is 16.4. The third-order valence-electron chi connectivity index (χ3n) is 5.48. The van der Waals surface area contributed by atoms with Gasteiger partial charge < -0.3 is 15.8 Å². The van der Waals surface area contributed by atoms with Gasteiger partial charge in [0.25, 0.3) is 0 Å². The molecule has 0 aliphatic heterocycles. The topological polar surface area (TPSA) is 78.9 Å². The van der Waals surface area contributed by atoms with Crippen LogP contribution >= 0.6 is 0 Å². The molecule has 21 heavy (non-hydrogen) atoms. The van der Waals surface area contributed by atoms with Crippen LogP contribution in [0.3, 0.4) is 0 Å². The molecule has 122 valence electrons. The van der Waals surface area contributed by atoms with Gasteiger partial charge in [0.2, 0.25) is 5.91 Å². The van der Waals surface area contributed by atoms with Gasteiger partial charge in [-0.3, -0.25) is 4.79 Å². The van der Waals surface area contributed by atoms with Gasteiger partial charge in [-0.2, -0.15) is 0 Å². The molecular weight excluding hydrogens is 266 g/mol. The van der Waals surface area contributed by atoms with Crippen molar-refractivity contribution in [2.75, 3.05) is 7.05 Å². The number of hydrogen-bond donors (Lipinski definition) is 2. The molecule has 0 aromatic heterocycles. The van der Waals surface area contributed by atoms with Crippen molar-refractivity contribution in [3.05, 3.63) is 0 Å². The maximum absolute atomic E-state index is 12.9. The van der Waals surface area contributed by atoms with Crippen molar-refractivity contribution >= 4 is 11.7 Å². The summed E-state index contributed by atoms with van der Waals surface area (Å²) in [4.78, 5) is 14.8. The van der Waals surface area contributed by atoms with Crippen LogP contribution in [-0.4, -0.2) is 34.9 Å². The van der Waals surface area contributed by atoms with E-state index in [1.165, 1.54) is 19.3 Å². The number of nitrogens with two attached hydrogens (primary N) is 1. The molecule has 0 saturated heterocycles. The second-order valence-corrected chi connectivity index (χ2v) is 6.27. The molecule has 1 rings (SSSR count). The minimum Gasteiger partial charge on any atom is -0.409 e. The van der Waals surface area contributed by atoms with Gasteiger partial charge in [0.05, 0.1) is 0 Å². The Bertz CT molecular complexity index is 370. The fourth-order valence-electron chi connectivity index (χ4n) is 3.56. The monoisotopic (exact) mass is 297 g/mol. The molecule has 0 aromatic carbocycles. The van der Waals surface area contributed by atoms with Crippen molar-refractivity contribution in [3.8, 4) is 0 Å². The van der Waals surface area contributed by atoms with Gasteiger partial charge in [0.15, 0.2) is 5.84 Å². The first-order chi connectivity index (χ1) is 9.96. The highest BCUT2D eigenvalue weighted by Gasteiger charge is 2.43. The lowest BCUT2D eigenvalue weighted by molar-refractivity contribution is -0.140. The summed E-state index contributed by atoms with van der Waals surface area (Å²) in [5, 5.41) is 12.2. The minimum absolute atomic E-state index is 0.0113. The fraction of sp³-hybridized carbons (Fsp3) is 0.875. The highest BCUT2D eigenvalue weighted by molar-refractivity contribution is 6.06. The van der Waals surface area contributed by atoms with Gasteiger partial charge in [-0.15, -0.1) is 0 Å². The van der Waals surface area contributed by atoms with E-state index in [1.54, 1.807) is 0 Å². The lowest BCUT2D eigenvalue weighted by Crippen LogP contribution is -2.53. The highest BCUT2D eigenvalue weighted by Crippen LogP contribution is 2.34. The number of rotatable bonds is 6. The van der Waals surface area contributed by atoms with Crippen LogP contribution in [0.1, 0.15) is 65.7 Å². The molecule has 5 nitrogen and oxygen atoms in total. The van der Waals surface area contributed by atoms with Crippen LogP contribution in [0.15, 0.2) is 5.16 Å². The Hall–Kier alpha value is -1.26. The number of oxime groups is 1. The van der Waals surface area contributed by atoms with E-state index >= 15 is 0 Å². The third kappa shape index (κ3) is 3.50. The van der Waals surface area contributed by atoms with Crippen molar-refractivity contribution in [3.63, 3.8) is 0 Å². The van der Waals surface area contributed by atoms with Crippen LogP contribution in [-0.2, 0) is 4.79 Å². The van der Waals surface area contributed by atoms with Crippen LogP contribution in [0.4, 0.5) is 0 Å². The Balaban J connectivity index is 2.85. The summed E-state index contributed by atoms with van der Waals surface area (Å²) in [7, 11) is 1.87. The first-order valence-electron chi connectivity index (χ1n) is 8.22. The average Bonchev–Trinajstić information content (AvgIpc) is 2.55. The van der Waals surface area contributed by atoms with Gasteiger partial charge in [0.1, 0.15) is 5.41 Å². The second-order valence-electron chi connectivity index (χ2n) is 6.27. The van der Waals surface area contributed by atoms with E-state index in [0.29, 0.717) is 12.8 Å². The average molecular weight is 297 g/mol. The van der Waals surface area contributed by atoms with Gasteiger partial charge >= 0.3 is 0 Å². The maximum Gasteiger partial charge on any atom is 0.236 e. The summed E-state index contributed by atoms with van der Waals surface area (Å²) in [5.74, 6) is 0.824. The number of amidine groups is 1. The zero-order valence-electron chi connectivity index (χ0n) is 13.9. The lowest BCUT2D eigenvalue weighted by atomic mass is 9.78. The summed E-state index contributed by atoms with van der Waals surface area (Å²) < 4.78 is 0. The molecule has 0 radical (unpaired) electrons. The van der Waals surface area contributed by atoms with Crippen molar-refractivity contribution in [1.29, 1.82) is 0 Å². The molecule has 0 aromatic rings. The molecule has 1 amide bonds. The van der Waals surface area contributed by atoms with Gasteiger partial charge in [-0.05, 0) is 44.4 Å². The van der Waals surface area contributed by atoms with Crippen LogP contribution in [0.25, 0.3) is 0 Å². The lowest BCUT2D eigenvalue weighted by Gasteiger charge is -2.40. The smallest absolute Gasteiger partial charge is 0.236 e. The molecule has 1 fully saturated rings. The van der Waals surface area contributed by atoms with E-state index in [1.807, 2.05) is 25.8 Å². The molecule has 1 aliphatic rings. The molecule has 0 bridgehead atoms. The minimum atomic E-state index is -0.870. The zero-order valence-corrected chi connectivity index (χ0v) is 13.9. The standard InChI is InChI=1S/C16H31N3O2/c1-5-12-8-10-13(11-9-12)19(4)15(20)16(6-2,7-3)14(17)18-21/h12-13,21H,5-11H2,1-4H3,(H2,17,18). The largest absolute Gasteiger partial charge is 0.409 e. The molecule has 0 unspecified atom stereocenters. The van der Waals surface area contributed by atoms with E-state index in [9.17, 15) is 4.79 Å². The second kappa shape index (κ2) is 7.66. The Labute approximate surface area is 128 Å². The first kappa shape index (κ1) is 17.8. The Morgan fingerprint density at radius 1 is 1.24 bits per heavy atom. The number of amides is 1. The SMILES string of the molecule is CCC1CCC(N(C)C(=O)C(CC)(CC)C(N)=NO)CC1. The van der Waals surface area contributed by atoms with Crippen LogP contribution in [0, 0.1) is 11.3 Å². The predicted octanol–water partition coefficient (Wildman–Crippen LogP) is 2.97. The van der Waals surface area contributed by atoms with Crippen LogP contribution in [0.2, 0.25) is 0 Å². The Morgan fingerprint density at radius 2 is 1.76 bits per heavy atom. The van der Waals surface area contributed by atoms with Crippen molar-refractivity contribution < 1.29 is 10.0 Å². The van der Waals surface area contributed by atoms with E-state index in [4.69, 9.17) is 10.9 Å². The molecule has 1 aliphatic carbocycles. The number of carbonyl (C=O) groups is 1. The summed E-state index contributed by atoms with van der Waals surface area (Å²) >= 11 is 0. The summed E-state index contributed by atoms with van der Waals surface area (Å²) in [5.41, 5.74) is 4.97. The maximum atomic E-state index is 12.9. The molecule has 0 heterocycles. The quantitative estimate of drug-likeness (QED) is 0.342. The summed E-state index contributed by atoms with van der Waals surface area (Å²) in [6.45, 7) is 6.07. The fourth-order valence-corrected chi connectivity index (χ4v) is 3.56. The van der Waals surface area contributed by atoms with Gasteiger partial charge in [0, 0.05) is 13.1 Å². The Kier molecular flexibility index (Phi) is 6.49. The van der Waals surface area contributed by atoms with Gasteiger partial charge in [-0.1, -0.05) is 32.3 Å². The van der Waals surface area contributed by atoms with E-state index in [2.05, 4.69) is 12.1 Å². The normalized spacial score (nSPS) is 23.9. The number of hydrogen-bond acceptors (Lipinski definition) is 3. The predicted molar refractivity (Wildman–Crippen MR) is 85.2 cm³/mol. The molecule has 3 N–H and O–H groups in total. The molecule has 0 spiro atoms. The number of nitrogens with zero attached hydrogens (tertiary/aromatic N) is 2. The van der Waals surface area contributed by atoms with Crippen molar-refractivity contribution in [2.45, 2.75) is 71.8 Å². The van der Waals surface area contributed by atoms with Crippen LogP contribution in [0.5, 0.6) is 0 Å². The van der Waals surface area contributed by atoms with E-state index < -0.39 is 5.41 Å².